The predicted octanol–water partition coefficient (Wildman–Crippen LogP) is 17.8. The van der Waals surface area contributed by atoms with Crippen LogP contribution in [-0.2, 0) is 28.6 Å². The number of esters is 3. The van der Waals surface area contributed by atoms with Gasteiger partial charge in [-0.3, -0.25) is 14.4 Å². The second kappa shape index (κ2) is 52.9. The Morgan fingerprint density at radius 2 is 0.631 bits per heavy atom. The number of carbonyl (C=O) groups is 3. The van der Waals surface area contributed by atoms with Gasteiger partial charge in [0.1, 0.15) is 13.2 Å². The number of hydrogen-bond acceptors (Lipinski definition) is 6. The fourth-order valence-corrected chi connectivity index (χ4v) is 7.15. The Morgan fingerprint density at radius 1 is 0.323 bits per heavy atom. The first-order valence-corrected chi connectivity index (χ1v) is 26.7. The first-order valence-electron chi connectivity index (χ1n) is 26.7. The van der Waals surface area contributed by atoms with Crippen molar-refractivity contribution in [3.8, 4) is 0 Å². The number of rotatable bonds is 47. The number of ether oxygens (including phenoxy) is 3. The number of carbonyl (C=O) groups excluding carboxylic acids is 3. The topological polar surface area (TPSA) is 78.9 Å². The van der Waals surface area contributed by atoms with Crippen LogP contribution in [0.5, 0.6) is 0 Å². The second-order valence-corrected chi connectivity index (χ2v) is 17.4. The highest BCUT2D eigenvalue weighted by Gasteiger charge is 2.19. The Labute approximate surface area is 400 Å². The third kappa shape index (κ3) is 51.2. The average Bonchev–Trinajstić information content (AvgIpc) is 3.30. The maximum Gasteiger partial charge on any atom is 0.306 e. The molecule has 0 saturated carbocycles. The molecule has 0 aliphatic carbocycles. The maximum atomic E-state index is 12.7. The predicted molar refractivity (Wildman–Crippen MR) is 279 cm³/mol. The van der Waals surface area contributed by atoms with E-state index in [0.29, 0.717) is 19.3 Å². The second-order valence-electron chi connectivity index (χ2n) is 17.4. The molecule has 0 rings (SSSR count). The summed E-state index contributed by atoms with van der Waals surface area (Å²) in [6.07, 6.45) is 70.4. The van der Waals surface area contributed by atoms with E-state index in [1.54, 1.807) is 0 Å². The van der Waals surface area contributed by atoms with Gasteiger partial charge in [0, 0.05) is 19.3 Å². The molecule has 0 aromatic carbocycles. The van der Waals surface area contributed by atoms with Gasteiger partial charge in [0.05, 0.1) is 0 Å². The van der Waals surface area contributed by atoms with Gasteiger partial charge in [-0.05, 0) is 83.5 Å². The third-order valence-electron chi connectivity index (χ3n) is 11.1. The first kappa shape index (κ1) is 61.3. The molecule has 0 aliphatic heterocycles. The highest BCUT2D eigenvalue weighted by Crippen LogP contribution is 2.15. The standard InChI is InChI=1S/C59H98O6/c1-4-7-10-13-15-17-19-21-22-23-24-25-26-27-28-29-30-31-32-33-34-35-36-38-39-41-43-46-49-52-58(61)64-55-56(54-63-57(60)51-48-45-12-9-6-3)65-59(62)53-50-47-44-42-40-37-20-18-16-14-11-8-5-2/h7-8,10-11,15-18,21-22,24-25,37,40,44,47,56H,4-6,9,12-14,19-20,23,26-36,38-39,41-43,45-46,48-55H2,1-3H3/b10-7-,11-8-,17-15-,18-16-,22-21-,25-24-,40-37-,47-44-. The summed E-state index contributed by atoms with van der Waals surface area (Å²) in [5.74, 6) is -1.00. The van der Waals surface area contributed by atoms with Gasteiger partial charge in [-0.1, -0.05) is 234 Å². The zero-order valence-electron chi connectivity index (χ0n) is 42.2. The van der Waals surface area contributed by atoms with E-state index in [4.69, 9.17) is 14.2 Å². The SMILES string of the molecule is CC/C=C\C/C=C\C/C=C\C/C=C\CCCCCCCCCCCCCCCCCCC(=O)OCC(COC(=O)CCCCCCC)OC(=O)CC/C=C\C/C=C\C/C=C\C/C=C\CC. The number of hydrogen-bond donors (Lipinski definition) is 0. The Hall–Kier alpha value is -3.67. The van der Waals surface area contributed by atoms with Crippen molar-refractivity contribution in [3.63, 3.8) is 0 Å². The van der Waals surface area contributed by atoms with Crippen LogP contribution in [0.3, 0.4) is 0 Å². The van der Waals surface area contributed by atoms with Crippen LogP contribution in [-0.4, -0.2) is 37.2 Å². The molecule has 6 heteroatoms. The molecule has 0 fully saturated rings. The minimum absolute atomic E-state index is 0.105. The zero-order chi connectivity index (χ0) is 47.2. The van der Waals surface area contributed by atoms with Gasteiger partial charge in [0.2, 0.25) is 0 Å². The van der Waals surface area contributed by atoms with Crippen molar-refractivity contribution in [2.75, 3.05) is 13.2 Å². The van der Waals surface area contributed by atoms with Crippen LogP contribution >= 0.6 is 0 Å². The van der Waals surface area contributed by atoms with Crippen LogP contribution in [0.25, 0.3) is 0 Å². The smallest absolute Gasteiger partial charge is 0.306 e. The number of unbranched alkanes of at least 4 members (excludes halogenated alkanes) is 20. The van der Waals surface area contributed by atoms with E-state index in [9.17, 15) is 14.4 Å². The maximum absolute atomic E-state index is 12.7. The van der Waals surface area contributed by atoms with E-state index in [2.05, 4.69) is 106 Å². The summed E-state index contributed by atoms with van der Waals surface area (Å²) < 4.78 is 16.6. The quantitative estimate of drug-likeness (QED) is 0.0262. The molecule has 0 N–H and O–H groups in total. The van der Waals surface area contributed by atoms with Gasteiger partial charge in [-0.15, -0.1) is 0 Å². The fraction of sp³-hybridized carbons (Fsp3) is 0.678. The van der Waals surface area contributed by atoms with E-state index < -0.39 is 12.1 Å². The van der Waals surface area contributed by atoms with Crippen LogP contribution < -0.4 is 0 Å². The molecule has 0 bridgehead atoms. The highest BCUT2D eigenvalue weighted by molar-refractivity contribution is 5.71. The van der Waals surface area contributed by atoms with Crippen LogP contribution in [0.2, 0.25) is 0 Å². The van der Waals surface area contributed by atoms with Crippen LogP contribution in [0, 0.1) is 0 Å². The van der Waals surface area contributed by atoms with E-state index >= 15 is 0 Å². The molecule has 0 spiro atoms. The summed E-state index contributed by atoms with van der Waals surface area (Å²) in [6.45, 7) is 6.25. The lowest BCUT2D eigenvalue weighted by Gasteiger charge is -2.18. The molecular formula is C59H98O6. The van der Waals surface area contributed by atoms with Crippen molar-refractivity contribution in [1.82, 2.24) is 0 Å². The van der Waals surface area contributed by atoms with E-state index in [-0.39, 0.29) is 31.6 Å². The number of allylic oxidation sites excluding steroid dienone is 16. The summed E-state index contributed by atoms with van der Waals surface area (Å²) >= 11 is 0. The molecule has 0 aromatic heterocycles. The molecule has 0 radical (unpaired) electrons. The molecule has 0 saturated heterocycles. The Balaban J connectivity index is 4.04. The van der Waals surface area contributed by atoms with E-state index in [0.717, 1.165) is 103 Å². The lowest BCUT2D eigenvalue weighted by Crippen LogP contribution is -2.30. The van der Waals surface area contributed by atoms with Crippen molar-refractivity contribution >= 4 is 17.9 Å². The van der Waals surface area contributed by atoms with E-state index in [1.165, 1.54) is 89.9 Å². The van der Waals surface area contributed by atoms with Gasteiger partial charge >= 0.3 is 17.9 Å². The minimum Gasteiger partial charge on any atom is -0.462 e. The Morgan fingerprint density at radius 3 is 1.00 bits per heavy atom. The summed E-state index contributed by atoms with van der Waals surface area (Å²) in [4.78, 5) is 37.6. The molecule has 370 valence electrons. The normalized spacial score (nSPS) is 12.8. The van der Waals surface area contributed by atoms with Gasteiger partial charge in [-0.2, -0.15) is 0 Å². The summed E-state index contributed by atoms with van der Waals surface area (Å²) in [5.41, 5.74) is 0. The molecular weight excluding hydrogens is 805 g/mol. The molecule has 1 atom stereocenters. The first-order chi connectivity index (χ1) is 32.0. The van der Waals surface area contributed by atoms with Gasteiger partial charge in [-0.25, -0.2) is 0 Å². The van der Waals surface area contributed by atoms with Crippen LogP contribution in [0.15, 0.2) is 97.2 Å². The Bertz CT molecular complexity index is 1310. The molecule has 65 heavy (non-hydrogen) atoms. The molecule has 0 aliphatic rings. The van der Waals surface area contributed by atoms with Crippen molar-refractivity contribution in [3.05, 3.63) is 97.2 Å². The molecule has 0 heterocycles. The fourth-order valence-electron chi connectivity index (χ4n) is 7.15. The van der Waals surface area contributed by atoms with Gasteiger partial charge in [0.15, 0.2) is 6.10 Å². The largest absolute Gasteiger partial charge is 0.462 e. The highest BCUT2D eigenvalue weighted by atomic mass is 16.6. The molecule has 0 amide bonds. The average molecular weight is 903 g/mol. The summed E-state index contributed by atoms with van der Waals surface area (Å²) in [6, 6.07) is 0. The molecule has 0 aromatic rings. The molecule has 1 unspecified atom stereocenters. The van der Waals surface area contributed by atoms with E-state index in [1.807, 2.05) is 12.2 Å². The molecule has 6 nitrogen and oxygen atoms in total. The zero-order valence-corrected chi connectivity index (χ0v) is 42.2. The minimum atomic E-state index is -0.810. The summed E-state index contributed by atoms with van der Waals surface area (Å²) in [7, 11) is 0. The van der Waals surface area contributed by atoms with Gasteiger partial charge < -0.3 is 14.2 Å². The van der Waals surface area contributed by atoms with Gasteiger partial charge in [0.25, 0.3) is 0 Å². The van der Waals surface area contributed by atoms with Crippen LogP contribution in [0.4, 0.5) is 0 Å². The monoisotopic (exact) mass is 903 g/mol. The van der Waals surface area contributed by atoms with Crippen molar-refractivity contribution in [2.45, 2.75) is 245 Å². The third-order valence-corrected chi connectivity index (χ3v) is 11.1. The lowest BCUT2D eigenvalue weighted by molar-refractivity contribution is -0.166. The van der Waals surface area contributed by atoms with Crippen molar-refractivity contribution in [1.29, 1.82) is 0 Å². The van der Waals surface area contributed by atoms with Crippen molar-refractivity contribution in [2.24, 2.45) is 0 Å². The van der Waals surface area contributed by atoms with Crippen molar-refractivity contribution < 1.29 is 28.6 Å². The lowest BCUT2D eigenvalue weighted by atomic mass is 10.0. The summed E-state index contributed by atoms with van der Waals surface area (Å²) in [5, 5.41) is 0. The van der Waals surface area contributed by atoms with Crippen LogP contribution in [0.1, 0.15) is 239 Å². The Kier molecular flexibility index (Phi) is 50.0.